The van der Waals surface area contributed by atoms with E-state index in [1.165, 1.54) is 118 Å². The minimum atomic E-state index is 0.0653. The van der Waals surface area contributed by atoms with Crippen molar-refractivity contribution < 1.29 is 0 Å². The Morgan fingerprint density at radius 2 is 0.453 bits per heavy atom. The van der Waals surface area contributed by atoms with Gasteiger partial charge in [0.15, 0.2) is 23.3 Å². The zero-order valence-corrected chi connectivity index (χ0v) is 52.6. The summed E-state index contributed by atoms with van der Waals surface area (Å²) in [6.07, 6.45) is 0. The Morgan fingerprint density at radius 3 is 0.703 bits per heavy atom. The molecule has 0 spiro atoms. The van der Waals surface area contributed by atoms with Gasteiger partial charge in [-0.15, -0.1) is 0 Å². The van der Waals surface area contributed by atoms with Crippen molar-refractivity contribution in [3.63, 3.8) is 0 Å². The Hall–Kier alpha value is 0.0800. The highest BCUT2D eigenvalue weighted by molar-refractivity contribution is 14.1. The number of rotatable bonds is 0. The Kier molecular flexibility index (Phi) is 10.2. The number of halogens is 8. The lowest BCUT2D eigenvalue weighted by atomic mass is 9.68. The second-order valence-electron chi connectivity index (χ2n) is 18.6. The maximum atomic E-state index is 5.78. The van der Waals surface area contributed by atoms with Crippen molar-refractivity contribution in [2.75, 3.05) is 0 Å². The third-order valence-electron chi connectivity index (χ3n) is 16.1. The molecule has 0 amide bonds. The van der Waals surface area contributed by atoms with E-state index in [4.69, 9.17) is 29.9 Å². The number of allylic oxidation sites excluding steroid dienone is 20. The summed E-state index contributed by atoms with van der Waals surface area (Å²) in [5.74, 6) is 3.59. The number of fused-ring (bicyclic) bond motifs is 8. The van der Waals surface area contributed by atoms with Crippen LogP contribution in [0.5, 0.6) is 0 Å². The molecule has 16 bridgehead atoms. The Morgan fingerprint density at radius 1 is 0.266 bits per heavy atom. The molecular formula is C48H34I8N8. The average Bonchev–Trinajstić information content (AvgIpc) is 3.99. The third-order valence-corrected chi connectivity index (χ3v) is 29.9. The molecule has 64 heavy (non-hydrogen) atoms. The fourth-order valence-corrected chi connectivity index (χ4v) is 21.3. The van der Waals surface area contributed by atoms with Crippen LogP contribution in [0.15, 0.2) is 73.2 Å². The van der Waals surface area contributed by atoms with E-state index >= 15 is 0 Å². The molecule has 5 heterocycles. The molecule has 8 unspecified atom stereocenters. The molecule has 0 fully saturated rings. The van der Waals surface area contributed by atoms with Gasteiger partial charge in [-0.3, -0.25) is 0 Å². The van der Waals surface area contributed by atoms with Gasteiger partial charge in [0, 0.05) is 121 Å². The van der Waals surface area contributed by atoms with Gasteiger partial charge in [0.2, 0.25) is 0 Å². The molecule has 2 aliphatic heterocycles. The molecule has 3 aromatic rings. The van der Waals surface area contributed by atoms with Gasteiger partial charge in [-0.1, -0.05) is 44.6 Å². The van der Waals surface area contributed by atoms with Crippen molar-refractivity contribution in [1.82, 2.24) is 39.9 Å². The fourth-order valence-electron chi connectivity index (χ4n) is 12.5. The summed E-state index contributed by atoms with van der Waals surface area (Å²) in [4.78, 5) is 42.0. The standard InChI is InChI=1S/C48H34I8N8/c1-9-10(2)18-26-25(17(9)33(49)34(18)50)41-57-42(26)62-44-29-21-13(5)14(6)22(38(54)37(21)53)30(29)46(59-44)64-48-32-24-16(8)15(7)23(39(55)40(24)56)31(32)47(60-48)63-45-28-20-12(4)11(3)19(35(51)36(20)52)27(28)43(58-45)61-41/h17-24H,1-8H3,(H2,57,58,59,60,61,62,63,64). The molecule has 17 rings (SSSR count). The molecule has 0 radical (unpaired) electrons. The fraction of sp³-hybridized carbons (Fsp3) is 0.333. The molecule has 14 aliphatic rings. The van der Waals surface area contributed by atoms with E-state index in [0.717, 1.165) is 45.9 Å². The van der Waals surface area contributed by atoms with Gasteiger partial charge in [0.25, 0.3) is 0 Å². The zero-order valence-electron chi connectivity index (χ0n) is 35.3. The first-order chi connectivity index (χ1) is 30.4. The number of nitrogens with zero attached hydrogens (tertiary/aromatic N) is 6. The van der Waals surface area contributed by atoms with E-state index < -0.39 is 0 Å². The van der Waals surface area contributed by atoms with Gasteiger partial charge < -0.3 is 9.97 Å². The molecule has 0 saturated heterocycles. The molecule has 12 aliphatic carbocycles. The number of aromatic nitrogens is 8. The van der Waals surface area contributed by atoms with Crippen molar-refractivity contribution in [3.8, 4) is 0 Å². The largest absolute Gasteiger partial charge is 0.324 e. The van der Waals surface area contributed by atoms with Gasteiger partial charge >= 0.3 is 0 Å². The Bertz CT molecular complexity index is 3180. The van der Waals surface area contributed by atoms with Crippen LogP contribution in [0, 0.1) is 23.7 Å². The third kappa shape index (κ3) is 5.35. The van der Waals surface area contributed by atoms with Crippen molar-refractivity contribution in [2.24, 2.45) is 23.7 Å². The summed E-state index contributed by atoms with van der Waals surface area (Å²) >= 11 is 20.8. The highest BCUT2D eigenvalue weighted by Gasteiger charge is 2.51. The van der Waals surface area contributed by atoms with Crippen molar-refractivity contribution in [1.29, 1.82) is 0 Å². The molecule has 0 aromatic carbocycles. The van der Waals surface area contributed by atoms with Crippen LogP contribution in [0.4, 0.5) is 0 Å². The molecule has 322 valence electrons. The number of aromatic amines is 2. The Balaban J connectivity index is 1.22. The second kappa shape index (κ2) is 14.8. The predicted octanol–water partition coefficient (Wildman–Crippen LogP) is 16.3. The molecular weight excluding hydrogens is 1700 g/mol. The van der Waals surface area contributed by atoms with Gasteiger partial charge in [0.05, 0.1) is 0 Å². The summed E-state index contributed by atoms with van der Waals surface area (Å²) in [7, 11) is 0. The topological polar surface area (TPSA) is 109 Å². The SMILES string of the molecule is CC1=C(C)C2C(I)=C(I)C1C1=C2c2nc1nc1nc(nc3[nH]c(nc4[nH]c(n2)c2c4C4C(C)=C(C)C2C(I)=C4I)c2c3C3C(C)=C(C)C2C(I)=C3I)C2=C1C1C(C)=C(C)C2C(I)=C1I. The lowest BCUT2D eigenvalue weighted by Gasteiger charge is -2.40. The lowest BCUT2D eigenvalue weighted by molar-refractivity contribution is 0.780. The number of H-pyrrole nitrogens is 2. The minimum Gasteiger partial charge on any atom is -0.324 e. The van der Waals surface area contributed by atoms with Crippen molar-refractivity contribution in [3.05, 3.63) is 119 Å². The summed E-state index contributed by atoms with van der Waals surface area (Å²) in [5, 5.41) is 0. The summed E-state index contributed by atoms with van der Waals surface area (Å²) in [6, 6.07) is 0. The maximum absolute atomic E-state index is 5.78. The smallest absolute Gasteiger partial charge is 0.161 e. The zero-order chi connectivity index (χ0) is 44.8. The number of hydrogen-bond acceptors (Lipinski definition) is 6. The minimum absolute atomic E-state index is 0.0653. The van der Waals surface area contributed by atoms with Gasteiger partial charge in [-0.25, -0.2) is 29.9 Å². The van der Waals surface area contributed by atoms with Crippen LogP contribution in [0.2, 0.25) is 0 Å². The lowest BCUT2D eigenvalue weighted by Crippen LogP contribution is -2.27. The monoisotopic (exact) mass is 1740 g/mol. The van der Waals surface area contributed by atoms with Crippen LogP contribution in [0.1, 0.15) is 125 Å². The molecule has 16 heteroatoms. The van der Waals surface area contributed by atoms with E-state index in [9.17, 15) is 0 Å². The van der Waals surface area contributed by atoms with E-state index in [-0.39, 0.29) is 47.3 Å². The first-order valence-corrected chi connectivity index (χ1v) is 29.8. The van der Waals surface area contributed by atoms with E-state index in [2.05, 4.69) is 246 Å². The van der Waals surface area contributed by atoms with E-state index in [0.29, 0.717) is 0 Å². The highest BCUT2D eigenvalue weighted by atomic mass is 127. The van der Waals surface area contributed by atoms with Crippen LogP contribution in [0.25, 0.3) is 44.9 Å². The van der Waals surface area contributed by atoms with Crippen LogP contribution in [-0.2, 0) is 0 Å². The summed E-state index contributed by atoms with van der Waals surface area (Å²) in [5.41, 5.74) is 24.2. The maximum Gasteiger partial charge on any atom is 0.161 e. The van der Waals surface area contributed by atoms with Gasteiger partial charge in [-0.2, -0.15) is 0 Å². The van der Waals surface area contributed by atoms with Crippen LogP contribution >= 0.6 is 181 Å². The van der Waals surface area contributed by atoms with Crippen molar-refractivity contribution >= 4 is 226 Å². The molecule has 8 nitrogen and oxygen atoms in total. The molecule has 3 aromatic heterocycles. The number of nitrogens with one attached hydrogen (secondary N) is 2. The van der Waals surface area contributed by atoms with E-state index in [1.807, 2.05) is 0 Å². The quantitative estimate of drug-likeness (QED) is 0.171. The van der Waals surface area contributed by atoms with Gasteiger partial charge in [-0.05, 0) is 236 Å². The van der Waals surface area contributed by atoms with Crippen LogP contribution < -0.4 is 0 Å². The van der Waals surface area contributed by atoms with E-state index in [1.54, 1.807) is 0 Å². The molecule has 0 saturated carbocycles. The molecule has 8 atom stereocenters. The first-order valence-electron chi connectivity index (χ1n) is 21.1. The van der Waals surface area contributed by atoms with Crippen LogP contribution in [-0.4, -0.2) is 39.9 Å². The summed E-state index contributed by atoms with van der Waals surface area (Å²) in [6.45, 7) is 18.5. The summed E-state index contributed by atoms with van der Waals surface area (Å²) < 4.78 is 10.9. The highest BCUT2D eigenvalue weighted by Crippen LogP contribution is 2.66. The Labute approximate surface area is 479 Å². The predicted molar refractivity (Wildman–Crippen MR) is 324 cm³/mol. The molecule has 2 N–H and O–H groups in total. The average molecular weight is 1740 g/mol. The van der Waals surface area contributed by atoms with Crippen LogP contribution in [0.3, 0.4) is 0 Å². The first kappa shape index (κ1) is 44.1. The number of hydrogen-bond donors (Lipinski definition) is 2. The van der Waals surface area contributed by atoms with Crippen molar-refractivity contribution in [2.45, 2.75) is 79.1 Å². The van der Waals surface area contributed by atoms with Gasteiger partial charge in [0.1, 0.15) is 22.6 Å². The second-order valence-corrected chi connectivity index (χ2v) is 27.9. The normalized spacial score (nSPS) is 29.9.